The molecule has 0 saturated carbocycles. The molecule has 0 bridgehead atoms. The average molecular weight is 513 g/mol. The predicted octanol–water partition coefficient (Wildman–Crippen LogP) is 4.68. The molecular weight excluding hydrogens is 509 g/mol. The molecule has 0 radical (unpaired) electrons. The maximum atomic E-state index is 11.5. The van der Waals surface area contributed by atoms with Crippen molar-refractivity contribution in [3.05, 3.63) is 35.4 Å². The van der Waals surface area contributed by atoms with Gasteiger partial charge in [0, 0.05) is 5.02 Å². The van der Waals surface area contributed by atoms with Crippen LogP contribution < -0.4 is 4.74 Å². The van der Waals surface area contributed by atoms with Crippen molar-refractivity contribution >= 4 is 78.7 Å². The molecule has 0 atom stereocenters. The van der Waals surface area contributed by atoms with Gasteiger partial charge >= 0.3 is 5.97 Å². The van der Waals surface area contributed by atoms with Gasteiger partial charge in [-0.05, 0) is 85.4 Å². The zero-order chi connectivity index (χ0) is 11.4. The molecule has 0 aromatic heterocycles. The largest absolute Gasteiger partial charge is 0.423 e. The van der Waals surface area contributed by atoms with Crippen molar-refractivity contribution in [2.75, 3.05) is 0 Å². The first-order chi connectivity index (χ1) is 7.00. The number of esters is 1. The molecular formula is C9H4BrClI2O2. The van der Waals surface area contributed by atoms with E-state index in [1.165, 1.54) is 0 Å². The van der Waals surface area contributed by atoms with Gasteiger partial charge in [0.2, 0.25) is 0 Å². The summed E-state index contributed by atoms with van der Waals surface area (Å²) >= 11 is 12.8. The molecule has 0 aliphatic carbocycles. The Bertz CT molecular complexity index is 399. The number of carbonyl (C=O) groups is 1. The van der Waals surface area contributed by atoms with Gasteiger partial charge < -0.3 is 4.74 Å². The fraction of sp³-hybridized carbons (Fsp3) is 0. The molecule has 1 aromatic carbocycles. The van der Waals surface area contributed by atoms with Crippen LogP contribution in [0.3, 0.4) is 0 Å². The lowest BCUT2D eigenvalue weighted by molar-refractivity contribution is -0.129. The maximum Gasteiger partial charge on any atom is 0.351 e. The van der Waals surface area contributed by atoms with Gasteiger partial charge in [-0.15, -0.1) is 0 Å². The Kier molecular flexibility index (Phi) is 5.86. The smallest absolute Gasteiger partial charge is 0.351 e. The van der Waals surface area contributed by atoms with Crippen LogP contribution in [-0.4, -0.2) is 5.97 Å². The van der Waals surface area contributed by atoms with Crippen LogP contribution in [0.15, 0.2) is 30.3 Å². The summed E-state index contributed by atoms with van der Waals surface area (Å²) in [5.74, 6) is 0.0860. The van der Waals surface area contributed by atoms with E-state index in [1.807, 2.05) is 45.2 Å². The lowest BCUT2D eigenvalue weighted by Gasteiger charge is -2.03. The van der Waals surface area contributed by atoms with E-state index in [0.717, 1.165) is 2.49 Å². The Morgan fingerprint density at radius 3 is 2.27 bits per heavy atom. The van der Waals surface area contributed by atoms with Crippen molar-refractivity contribution in [1.82, 2.24) is 0 Å². The van der Waals surface area contributed by atoms with Gasteiger partial charge in [-0.25, -0.2) is 4.79 Å². The Labute approximate surface area is 128 Å². The van der Waals surface area contributed by atoms with E-state index >= 15 is 0 Å². The van der Waals surface area contributed by atoms with Gasteiger partial charge in [0.25, 0.3) is 0 Å². The van der Waals surface area contributed by atoms with Crippen LogP contribution in [-0.2, 0) is 4.79 Å². The SMILES string of the molecule is O=C(Oc1ccc(Cl)cc1)/C(I)=C(/Br)I. The normalized spacial score (nSPS) is 12.0. The highest BCUT2D eigenvalue weighted by atomic mass is 127. The van der Waals surface area contributed by atoms with Crippen LogP contribution in [0, 0.1) is 0 Å². The molecule has 1 aromatic rings. The molecule has 0 aliphatic rings. The third-order valence-corrected chi connectivity index (χ3v) is 5.31. The third kappa shape index (κ3) is 4.58. The van der Waals surface area contributed by atoms with Gasteiger partial charge in [-0.1, -0.05) is 11.6 Å². The first-order valence-electron chi connectivity index (χ1n) is 3.69. The summed E-state index contributed by atoms with van der Waals surface area (Å²) in [4.78, 5) is 11.5. The zero-order valence-corrected chi connectivity index (χ0v) is 13.8. The second-order valence-corrected chi connectivity index (χ2v) is 7.29. The molecule has 0 aliphatic heterocycles. The highest BCUT2D eigenvalue weighted by molar-refractivity contribution is 14.1. The lowest BCUT2D eigenvalue weighted by atomic mass is 10.3. The molecule has 0 N–H and O–H groups in total. The minimum atomic E-state index is -0.390. The van der Waals surface area contributed by atoms with Gasteiger partial charge in [-0.3, -0.25) is 0 Å². The molecule has 80 valence electrons. The van der Waals surface area contributed by atoms with Crippen molar-refractivity contribution in [3.8, 4) is 5.75 Å². The molecule has 0 amide bonds. The molecule has 0 unspecified atom stereocenters. The minimum absolute atomic E-state index is 0.390. The summed E-state index contributed by atoms with van der Waals surface area (Å²) < 4.78 is 6.32. The van der Waals surface area contributed by atoms with E-state index in [4.69, 9.17) is 16.3 Å². The van der Waals surface area contributed by atoms with E-state index in [-0.39, 0.29) is 5.97 Å². The first kappa shape index (κ1) is 13.7. The Morgan fingerprint density at radius 1 is 1.27 bits per heavy atom. The molecule has 2 nitrogen and oxygen atoms in total. The quantitative estimate of drug-likeness (QED) is 0.249. The van der Waals surface area contributed by atoms with Gasteiger partial charge in [0.1, 0.15) is 9.33 Å². The van der Waals surface area contributed by atoms with Crippen LogP contribution in [0.5, 0.6) is 5.75 Å². The Hall–Kier alpha value is 0.660. The standard InChI is InChI=1S/C9H4BrClI2O2/c10-8(13)7(12)9(14)15-6-3-1-5(11)2-4-6/h1-4H/b8-7+. The van der Waals surface area contributed by atoms with Crippen molar-refractivity contribution in [2.45, 2.75) is 0 Å². The third-order valence-electron chi connectivity index (χ3n) is 1.37. The number of ether oxygens (including phenoxy) is 1. The summed E-state index contributed by atoms with van der Waals surface area (Å²) in [5.41, 5.74) is 0. The second-order valence-electron chi connectivity index (χ2n) is 2.42. The maximum absolute atomic E-state index is 11.5. The van der Waals surface area contributed by atoms with E-state index in [0.29, 0.717) is 14.4 Å². The van der Waals surface area contributed by atoms with E-state index in [1.54, 1.807) is 24.3 Å². The van der Waals surface area contributed by atoms with Gasteiger partial charge in [-0.2, -0.15) is 0 Å². The highest BCUT2D eigenvalue weighted by Crippen LogP contribution is 2.26. The van der Waals surface area contributed by atoms with Crippen molar-refractivity contribution in [3.63, 3.8) is 0 Å². The molecule has 15 heavy (non-hydrogen) atoms. The van der Waals surface area contributed by atoms with Crippen molar-refractivity contribution < 1.29 is 9.53 Å². The van der Waals surface area contributed by atoms with Crippen molar-refractivity contribution in [2.24, 2.45) is 0 Å². The zero-order valence-electron chi connectivity index (χ0n) is 7.14. The van der Waals surface area contributed by atoms with Crippen LogP contribution >= 0.6 is 72.7 Å². The van der Waals surface area contributed by atoms with Crippen LogP contribution in [0.4, 0.5) is 0 Å². The molecule has 0 saturated heterocycles. The summed E-state index contributed by atoms with van der Waals surface area (Å²) in [6, 6.07) is 6.62. The summed E-state index contributed by atoms with van der Waals surface area (Å²) in [5, 5.41) is 0.607. The van der Waals surface area contributed by atoms with Gasteiger partial charge in [0.15, 0.2) is 0 Å². The molecule has 0 spiro atoms. The number of hydrogen-bond donors (Lipinski definition) is 0. The van der Waals surface area contributed by atoms with E-state index < -0.39 is 0 Å². The average Bonchev–Trinajstić information content (AvgIpc) is 2.20. The number of carbonyl (C=O) groups excluding carboxylic acids is 1. The highest BCUT2D eigenvalue weighted by Gasteiger charge is 2.11. The van der Waals surface area contributed by atoms with Crippen LogP contribution in [0.1, 0.15) is 0 Å². The fourth-order valence-corrected chi connectivity index (χ4v) is 1.35. The number of halogens is 4. The van der Waals surface area contributed by atoms with E-state index in [2.05, 4.69) is 15.9 Å². The monoisotopic (exact) mass is 512 g/mol. The van der Waals surface area contributed by atoms with Crippen LogP contribution in [0.25, 0.3) is 0 Å². The Morgan fingerprint density at radius 2 is 1.80 bits per heavy atom. The minimum Gasteiger partial charge on any atom is -0.423 e. The molecule has 0 heterocycles. The number of benzene rings is 1. The van der Waals surface area contributed by atoms with Crippen molar-refractivity contribution in [1.29, 1.82) is 0 Å². The van der Waals surface area contributed by atoms with Crippen LogP contribution in [0.2, 0.25) is 5.02 Å². The number of rotatable bonds is 2. The lowest BCUT2D eigenvalue weighted by Crippen LogP contribution is -2.07. The van der Waals surface area contributed by atoms with Gasteiger partial charge in [0.05, 0.1) is 2.49 Å². The fourth-order valence-electron chi connectivity index (χ4n) is 0.732. The number of hydrogen-bond acceptors (Lipinski definition) is 2. The predicted molar refractivity (Wildman–Crippen MR) is 81.1 cm³/mol. The van der Waals surface area contributed by atoms with E-state index in [9.17, 15) is 4.79 Å². The molecule has 1 rings (SSSR count). The summed E-state index contributed by atoms with van der Waals surface area (Å²) in [6.07, 6.45) is 0. The molecule has 0 fully saturated rings. The summed E-state index contributed by atoms with van der Waals surface area (Å²) in [6.45, 7) is 0. The second kappa shape index (κ2) is 6.41. The Balaban J connectivity index is 2.75. The first-order valence-corrected chi connectivity index (χ1v) is 7.02. The summed E-state index contributed by atoms with van der Waals surface area (Å²) in [7, 11) is 0. The molecule has 6 heteroatoms. The topological polar surface area (TPSA) is 26.3 Å².